The average Bonchev–Trinajstić information content (AvgIpc) is 2.97. The second kappa shape index (κ2) is 19.1. The van der Waals surface area contributed by atoms with Crippen LogP contribution in [-0.2, 0) is 32.3 Å². The van der Waals surface area contributed by atoms with Crippen LogP contribution in [0.5, 0.6) is 0 Å². The molecule has 48 heavy (non-hydrogen) atoms. The van der Waals surface area contributed by atoms with Crippen LogP contribution in [0.25, 0.3) is 33.9 Å². The summed E-state index contributed by atoms with van der Waals surface area (Å²) in [6.07, 6.45) is 0. The molecule has 0 saturated carbocycles. The summed E-state index contributed by atoms with van der Waals surface area (Å²) in [5, 5.41) is 38.9. The minimum Gasteiger partial charge on any atom is -0.549 e. The Labute approximate surface area is 338 Å². The number of aliphatic carboxylic acids is 4. The number of anilines is 1. The number of carbonyl (C=O) groups is 4. The quantitative estimate of drug-likeness (QED) is 0.0784. The monoisotopic (exact) mass is 803 g/mol. The minimum atomic E-state index is -1.42. The van der Waals surface area contributed by atoms with Crippen LogP contribution < -0.4 is 40.4 Å². The molecule has 14 nitrogen and oxygen atoms in total. The van der Waals surface area contributed by atoms with Gasteiger partial charge in [-0.05, 0) is 66.1 Å². The number of benzene rings is 1. The van der Waals surface area contributed by atoms with Crippen molar-refractivity contribution in [1.29, 1.82) is 0 Å². The van der Waals surface area contributed by atoms with E-state index in [4.69, 9.17) is 10.7 Å². The van der Waals surface area contributed by atoms with Gasteiger partial charge in [-0.15, -0.1) is 0 Å². The van der Waals surface area contributed by atoms with Crippen LogP contribution in [0.1, 0.15) is 17.0 Å². The zero-order chi connectivity index (χ0) is 33.4. The van der Waals surface area contributed by atoms with Crippen LogP contribution in [0.2, 0.25) is 0 Å². The van der Waals surface area contributed by atoms with Crippen molar-refractivity contribution in [3.05, 3.63) is 83.7 Å². The van der Waals surface area contributed by atoms with Crippen LogP contribution in [0, 0.1) is 56.3 Å². The third kappa shape index (κ3) is 12.4. The van der Waals surface area contributed by atoms with Crippen LogP contribution in [0.15, 0.2) is 66.7 Å². The van der Waals surface area contributed by atoms with Crippen molar-refractivity contribution in [2.75, 3.05) is 31.9 Å². The maximum atomic E-state index is 11.3. The summed E-state index contributed by atoms with van der Waals surface area (Å²) >= 11 is 0. The number of hydrogen-bond donors (Lipinski definition) is 4. The molecule has 0 amide bonds. The Morgan fingerprint density at radius 2 is 1.12 bits per heavy atom. The zero-order valence-electron chi connectivity index (χ0n) is 26.2. The van der Waals surface area contributed by atoms with Gasteiger partial charge in [0.2, 0.25) is 0 Å². The van der Waals surface area contributed by atoms with E-state index >= 15 is 0 Å². The largest absolute Gasteiger partial charge is 1.00 e. The van der Waals surface area contributed by atoms with Crippen molar-refractivity contribution in [2.24, 2.45) is 0 Å². The smallest absolute Gasteiger partial charge is 0.549 e. The molecule has 1 aromatic carbocycles. The molecule has 0 unspecified atom stereocenters. The summed E-state index contributed by atoms with van der Waals surface area (Å²) in [4.78, 5) is 61.6. The van der Waals surface area contributed by atoms with Gasteiger partial charge in [0.1, 0.15) is 0 Å². The number of rotatable bonds is 15. The van der Waals surface area contributed by atoms with Gasteiger partial charge in [-0.25, -0.2) is 15.0 Å². The molecule has 0 saturated heterocycles. The van der Waals surface area contributed by atoms with Gasteiger partial charge < -0.3 is 31.0 Å². The number of aryl methyl sites for hydroxylation is 1. The van der Waals surface area contributed by atoms with Crippen molar-refractivity contribution >= 4 is 29.6 Å². The van der Waals surface area contributed by atoms with E-state index in [-0.39, 0.29) is 92.0 Å². The Kier molecular flexibility index (Phi) is 16.4. The van der Waals surface area contributed by atoms with Gasteiger partial charge in [0.25, 0.3) is 0 Å². The number of nitrogen functional groups attached to an aromatic ring is 1. The van der Waals surface area contributed by atoms with E-state index in [0.29, 0.717) is 39.9 Å². The zero-order valence-corrected chi connectivity index (χ0v) is 30.6. The molecule has 4 aromatic rings. The summed E-state index contributed by atoms with van der Waals surface area (Å²) in [6.45, 7) is -0.301. The molecule has 16 heteroatoms. The van der Waals surface area contributed by atoms with E-state index in [1.807, 2.05) is 31.2 Å². The molecule has 0 bridgehead atoms. The number of aromatic nitrogens is 3. The minimum absolute atomic E-state index is 0. The van der Waals surface area contributed by atoms with Gasteiger partial charge >= 0.3 is 47.5 Å². The Balaban J connectivity index is 0.00000400. The number of pyridine rings is 3. The summed E-state index contributed by atoms with van der Waals surface area (Å²) in [5.41, 5.74) is 11.8. The van der Waals surface area contributed by atoms with Crippen LogP contribution in [-0.4, -0.2) is 90.1 Å². The number of nitrogens with two attached hydrogens (primary N) is 1. The second-order valence-corrected chi connectivity index (χ2v) is 10.6. The maximum absolute atomic E-state index is 11.3. The Morgan fingerprint density at radius 3 is 1.54 bits per heavy atom. The third-order valence-electron chi connectivity index (χ3n) is 6.78. The molecule has 5 N–H and O–H groups in total. The van der Waals surface area contributed by atoms with E-state index < -0.39 is 50.1 Å². The fourth-order valence-corrected chi connectivity index (χ4v) is 4.75. The SMILES string of the molecule is Cc1ccc(-c2cc(-c3cccc(CN(CC(=O)[O-])CC(=O)O)n3)nc(-c3cccc(CN(CC(=O)O)CC(=O)O)n3)c2)cc1N.[Eu].[Na+]. The first-order chi connectivity index (χ1) is 21.9. The third-order valence-corrected chi connectivity index (χ3v) is 6.78. The Hall–Kier alpha value is -3.15. The normalized spacial score (nSPS) is 10.6. The first-order valence-electron chi connectivity index (χ1n) is 14.0. The standard InChI is InChI=1S/C32H32N6O8.Eu.Na/c1-19-8-9-20(10-24(19)33)21-11-27(25-6-2-4-22(34-25)13-37(15-29(39)40)16-30(41)42)36-28(12-21)26-7-3-5-23(35-26)14-38(17-31(43)44)18-32(45)46;;/h2-12H,13-18,33H2,1H3,(H,39,40)(H,41,42)(H,43,44)(H,45,46);;/q;;+1/p-1. The first-order valence-corrected chi connectivity index (χ1v) is 14.0. The van der Waals surface area contributed by atoms with Crippen molar-refractivity contribution in [3.8, 4) is 33.9 Å². The Bertz CT molecular complexity index is 1660. The number of carboxylic acids is 4. The molecule has 0 aliphatic carbocycles. The topological polar surface area (TPSA) is 223 Å². The van der Waals surface area contributed by atoms with Crippen molar-refractivity contribution in [1.82, 2.24) is 24.8 Å². The van der Waals surface area contributed by atoms with Gasteiger partial charge in [-0.2, -0.15) is 0 Å². The predicted octanol–water partition coefficient (Wildman–Crippen LogP) is -1.63. The molecule has 0 spiro atoms. The summed E-state index contributed by atoms with van der Waals surface area (Å²) in [5.74, 6) is -4.96. The van der Waals surface area contributed by atoms with E-state index in [2.05, 4.69) is 9.97 Å². The number of carbonyl (C=O) groups excluding carboxylic acids is 1. The van der Waals surface area contributed by atoms with Crippen molar-refractivity contribution in [2.45, 2.75) is 20.0 Å². The predicted molar refractivity (Wildman–Crippen MR) is 164 cm³/mol. The molecule has 4 rings (SSSR count). The summed E-state index contributed by atoms with van der Waals surface area (Å²) in [7, 11) is 0. The van der Waals surface area contributed by atoms with Crippen LogP contribution in [0.3, 0.4) is 0 Å². The molecular formula is C32H31EuN6NaO8. The summed E-state index contributed by atoms with van der Waals surface area (Å²) < 4.78 is 0. The van der Waals surface area contributed by atoms with Gasteiger partial charge in [-0.3, -0.25) is 24.2 Å². The van der Waals surface area contributed by atoms with Gasteiger partial charge in [0, 0.05) is 74.7 Å². The Morgan fingerprint density at radius 1 is 0.667 bits per heavy atom. The molecule has 0 atom stereocenters. The van der Waals surface area contributed by atoms with Gasteiger partial charge in [-0.1, -0.05) is 24.3 Å². The van der Waals surface area contributed by atoms with E-state index in [9.17, 15) is 39.6 Å². The number of carboxylic acid groups (broad SMARTS) is 4. The van der Waals surface area contributed by atoms with Gasteiger partial charge in [0.05, 0.1) is 59.8 Å². The fourth-order valence-electron chi connectivity index (χ4n) is 4.75. The van der Waals surface area contributed by atoms with E-state index in [1.54, 1.807) is 42.5 Å². The van der Waals surface area contributed by atoms with Crippen molar-refractivity contribution in [3.63, 3.8) is 0 Å². The molecule has 3 aromatic heterocycles. The van der Waals surface area contributed by atoms with Crippen LogP contribution in [0.4, 0.5) is 5.69 Å². The first kappa shape index (κ1) is 41.0. The molecule has 0 aliphatic heterocycles. The molecule has 3 heterocycles. The van der Waals surface area contributed by atoms with E-state index in [1.165, 1.54) is 9.80 Å². The van der Waals surface area contributed by atoms with Crippen LogP contribution >= 0.6 is 0 Å². The molecule has 0 fully saturated rings. The number of hydrogen-bond acceptors (Lipinski definition) is 11. The molecule has 245 valence electrons. The second-order valence-electron chi connectivity index (χ2n) is 10.6. The molecule has 0 aliphatic rings. The van der Waals surface area contributed by atoms with E-state index in [0.717, 1.165) is 16.7 Å². The molecular weight excluding hydrogens is 771 g/mol. The fraction of sp³-hybridized carbons (Fsp3) is 0.219. The van der Waals surface area contributed by atoms with Gasteiger partial charge in [0.15, 0.2) is 0 Å². The molecule has 1 radical (unpaired) electrons. The maximum Gasteiger partial charge on any atom is 1.00 e. The van der Waals surface area contributed by atoms with Crippen molar-refractivity contribution < 1.29 is 119 Å². The number of nitrogens with zero attached hydrogens (tertiary/aromatic N) is 5. The summed E-state index contributed by atoms with van der Waals surface area (Å²) in [6, 6.07) is 19.4. The average molecular weight is 803 g/mol.